The maximum Gasteiger partial charge on any atom is 0.389 e. The van der Waals surface area contributed by atoms with E-state index in [1.54, 1.807) is 12.1 Å². The Morgan fingerprint density at radius 3 is 2.53 bits per heavy atom. The molecule has 0 fully saturated rings. The molecule has 0 aliphatic carbocycles. The van der Waals surface area contributed by atoms with E-state index in [0.717, 1.165) is 17.5 Å². The lowest BCUT2D eigenvalue weighted by Gasteiger charge is -2.20. The molecule has 0 aliphatic rings. The molecule has 1 N–H and O–H groups in total. The Morgan fingerprint density at radius 2 is 2.00 bits per heavy atom. The third kappa shape index (κ3) is 5.83. The number of nitrogens with one attached hydrogen (secondary N) is 1. The van der Waals surface area contributed by atoms with Crippen LogP contribution in [0.5, 0.6) is 0 Å². The van der Waals surface area contributed by atoms with Crippen LogP contribution in [0.3, 0.4) is 0 Å². The van der Waals surface area contributed by atoms with E-state index >= 15 is 0 Å². The molecular formula is C14H19ClF3N. The molecule has 0 saturated carbocycles. The van der Waals surface area contributed by atoms with Gasteiger partial charge in [0, 0.05) is 17.5 Å². The third-order valence-corrected chi connectivity index (χ3v) is 3.37. The first kappa shape index (κ1) is 16.3. The average Bonchev–Trinajstić information content (AvgIpc) is 2.32. The third-order valence-electron chi connectivity index (χ3n) is 2.94. The van der Waals surface area contributed by atoms with Crippen LogP contribution in [0.4, 0.5) is 13.2 Å². The highest BCUT2D eigenvalue weighted by Gasteiger charge is 2.28. The standard InChI is InChI=1S/C14H19ClF3N/c1-3-8-19-13(6-7-14(16,17)18)11-4-5-12(15)10(2)9-11/h4-5,9,13,19H,3,6-8H2,1-2H3. The van der Waals surface area contributed by atoms with Crippen LogP contribution in [0.25, 0.3) is 0 Å². The van der Waals surface area contributed by atoms with Crippen LogP contribution < -0.4 is 5.32 Å². The first-order valence-corrected chi connectivity index (χ1v) is 6.77. The quantitative estimate of drug-likeness (QED) is 0.775. The SMILES string of the molecule is CCCNC(CCC(F)(F)F)c1ccc(Cl)c(C)c1. The van der Waals surface area contributed by atoms with E-state index < -0.39 is 12.6 Å². The van der Waals surface area contributed by atoms with Crippen LogP contribution in [0, 0.1) is 6.92 Å². The van der Waals surface area contributed by atoms with Gasteiger partial charge in [-0.1, -0.05) is 30.7 Å². The minimum Gasteiger partial charge on any atom is -0.310 e. The zero-order valence-corrected chi connectivity index (χ0v) is 11.9. The smallest absolute Gasteiger partial charge is 0.310 e. The summed E-state index contributed by atoms with van der Waals surface area (Å²) < 4.78 is 37.0. The van der Waals surface area contributed by atoms with Gasteiger partial charge < -0.3 is 5.32 Å². The summed E-state index contributed by atoms with van der Waals surface area (Å²) in [5.41, 5.74) is 1.74. The Labute approximate surface area is 117 Å². The Bertz CT molecular complexity index is 404. The summed E-state index contributed by atoms with van der Waals surface area (Å²) in [6.07, 6.45) is -3.97. The van der Waals surface area contributed by atoms with E-state index in [0.29, 0.717) is 11.6 Å². The monoisotopic (exact) mass is 293 g/mol. The second kappa shape index (κ2) is 7.15. The van der Waals surface area contributed by atoms with Crippen molar-refractivity contribution in [3.05, 3.63) is 34.3 Å². The number of alkyl halides is 3. The minimum absolute atomic E-state index is 0.0462. The second-order valence-corrected chi connectivity index (χ2v) is 5.08. The van der Waals surface area contributed by atoms with Crippen molar-refractivity contribution >= 4 is 11.6 Å². The fourth-order valence-electron chi connectivity index (χ4n) is 1.90. The largest absolute Gasteiger partial charge is 0.389 e. The molecule has 0 saturated heterocycles. The lowest BCUT2D eigenvalue weighted by Crippen LogP contribution is -2.24. The lowest BCUT2D eigenvalue weighted by molar-refractivity contribution is -0.136. The highest BCUT2D eigenvalue weighted by molar-refractivity contribution is 6.31. The lowest BCUT2D eigenvalue weighted by atomic mass is 10.00. The highest BCUT2D eigenvalue weighted by atomic mass is 35.5. The number of rotatable bonds is 6. The van der Waals surface area contributed by atoms with Crippen molar-refractivity contribution in [1.82, 2.24) is 5.32 Å². The van der Waals surface area contributed by atoms with Gasteiger partial charge in [0.1, 0.15) is 0 Å². The molecule has 19 heavy (non-hydrogen) atoms. The van der Waals surface area contributed by atoms with Crippen LogP contribution in [-0.4, -0.2) is 12.7 Å². The van der Waals surface area contributed by atoms with Gasteiger partial charge in [0.05, 0.1) is 0 Å². The van der Waals surface area contributed by atoms with E-state index in [1.165, 1.54) is 0 Å². The van der Waals surface area contributed by atoms with Crippen LogP contribution in [0.15, 0.2) is 18.2 Å². The normalized spacial score (nSPS) is 13.6. The maximum atomic E-state index is 12.3. The van der Waals surface area contributed by atoms with Crippen molar-refractivity contribution in [3.63, 3.8) is 0 Å². The zero-order chi connectivity index (χ0) is 14.5. The van der Waals surface area contributed by atoms with E-state index in [4.69, 9.17) is 11.6 Å². The van der Waals surface area contributed by atoms with Gasteiger partial charge in [0.15, 0.2) is 0 Å². The van der Waals surface area contributed by atoms with Crippen LogP contribution in [0.1, 0.15) is 43.4 Å². The summed E-state index contributed by atoms with van der Waals surface area (Å²) in [4.78, 5) is 0. The number of benzene rings is 1. The maximum absolute atomic E-state index is 12.3. The molecule has 1 aromatic rings. The molecule has 0 radical (unpaired) electrons. The Balaban J connectivity index is 2.79. The molecule has 0 aliphatic heterocycles. The average molecular weight is 294 g/mol. The van der Waals surface area contributed by atoms with E-state index in [9.17, 15) is 13.2 Å². The van der Waals surface area contributed by atoms with Crippen LogP contribution in [-0.2, 0) is 0 Å². The molecule has 0 amide bonds. The van der Waals surface area contributed by atoms with Crippen LogP contribution in [0.2, 0.25) is 5.02 Å². The first-order valence-electron chi connectivity index (χ1n) is 6.39. The van der Waals surface area contributed by atoms with E-state index in [-0.39, 0.29) is 12.5 Å². The Hall–Kier alpha value is -0.740. The predicted octanol–water partition coefficient (Wildman–Crippen LogP) is 5.03. The van der Waals surface area contributed by atoms with Gasteiger partial charge in [-0.05, 0) is 43.5 Å². The number of hydrogen-bond acceptors (Lipinski definition) is 1. The molecule has 0 heterocycles. The Kier molecular flexibility index (Phi) is 6.14. The molecule has 1 unspecified atom stereocenters. The van der Waals surface area contributed by atoms with Gasteiger partial charge >= 0.3 is 6.18 Å². The van der Waals surface area contributed by atoms with Crippen molar-refractivity contribution in [2.75, 3.05) is 6.54 Å². The molecule has 1 aromatic carbocycles. The number of aryl methyl sites for hydroxylation is 1. The van der Waals surface area contributed by atoms with Crippen molar-refractivity contribution in [1.29, 1.82) is 0 Å². The van der Waals surface area contributed by atoms with Crippen molar-refractivity contribution in [2.45, 2.75) is 45.3 Å². The summed E-state index contributed by atoms with van der Waals surface area (Å²) in [6, 6.07) is 5.10. The van der Waals surface area contributed by atoms with Crippen LogP contribution >= 0.6 is 11.6 Å². The number of halogens is 4. The second-order valence-electron chi connectivity index (χ2n) is 4.67. The van der Waals surface area contributed by atoms with E-state index in [2.05, 4.69) is 5.32 Å². The van der Waals surface area contributed by atoms with Crippen molar-refractivity contribution in [3.8, 4) is 0 Å². The van der Waals surface area contributed by atoms with Gasteiger partial charge in [-0.2, -0.15) is 13.2 Å². The summed E-state index contributed by atoms with van der Waals surface area (Å²) in [7, 11) is 0. The minimum atomic E-state index is -4.12. The fourth-order valence-corrected chi connectivity index (χ4v) is 2.02. The topological polar surface area (TPSA) is 12.0 Å². The van der Waals surface area contributed by atoms with Crippen molar-refractivity contribution in [2.24, 2.45) is 0 Å². The summed E-state index contributed by atoms with van der Waals surface area (Å²) in [6.45, 7) is 4.54. The number of hydrogen-bond donors (Lipinski definition) is 1. The molecule has 0 spiro atoms. The predicted molar refractivity (Wildman–Crippen MR) is 72.5 cm³/mol. The zero-order valence-electron chi connectivity index (χ0n) is 11.1. The van der Waals surface area contributed by atoms with Crippen molar-refractivity contribution < 1.29 is 13.2 Å². The molecule has 1 nitrogen and oxygen atoms in total. The highest BCUT2D eigenvalue weighted by Crippen LogP contribution is 2.29. The summed E-state index contributed by atoms with van der Waals surface area (Å²) in [5, 5.41) is 3.80. The summed E-state index contributed by atoms with van der Waals surface area (Å²) in [5.74, 6) is 0. The molecular weight excluding hydrogens is 275 g/mol. The molecule has 5 heteroatoms. The van der Waals surface area contributed by atoms with Gasteiger partial charge in [0.25, 0.3) is 0 Å². The molecule has 0 bridgehead atoms. The fraction of sp³-hybridized carbons (Fsp3) is 0.571. The first-order chi connectivity index (χ1) is 8.83. The van der Waals surface area contributed by atoms with Gasteiger partial charge in [-0.3, -0.25) is 0 Å². The molecule has 1 rings (SSSR count). The van der Waals surface area contributed by atoms with Gasteiger partial charge in [-0.25, -0.2) is 0 Å². The van der Waals surface area contributed by atoms with Gasteiger partial charge in [0.2, 0.25) is 0 Å². The van der Waals surface area contributed by atoms with E-state index in [1.807, 2.05) is 19.9 Å². The Morgan fingerprint density at radius 1 is 1.32 bits per heavy atom. The van der Waals surface area contributed by atoms with Gasteiger partial charge in [-0.15, -0.1) is 0 Å². The summed E-state index contributed by atoms with van der Waals surface area (Å²) >= 11 is 5.94. The molecule has 1 atom stereocenters. The molecule has 0 aromatic heterocycles. The molecule has 108 valence electrons.